The number of alkyl carbamates (subject to hydrolysis) is 1. The Hall–Kier alpha value is -4.87. The van der Waals surface area contributed by atoms with Crippen molar-refractivity contribution in [3.8, 4) is 11.1 Å². The normalized spacial score (nSPS) is 15.0. The van der Waals surface area contributed by atoms with E-state index in [9.17, 15) is 32.3 Å². The molecule has 0 bridgehead atoms. The van der Waals surface area contributed by atoms with E-state index in [1.54, 1.807) is 49.5 Å². The zero-order chi connectivity index (χ0) is 34.4. The quantitative estimate of drug-likeness (QED) is 0.218. The second-order valence-corrected chi connectivity index (χ2v) is 12.1. The number of amides is 3. The highest BCUT2D eigenvalue weighted by atomic mass is 19.4. The molecule has 1 aliphatic rings. The van der Waals surface area contributed by atoms with Crippen LogP contribution in [0.15, 0.2) is 78.9 Å². The monoisotopic (exact) mass is 653 g/mol. The summed E-state index contributed by atoms with van der Waals surface area (Å²) in [7, 11) is 0. The van der Waals surface area contributed by atoms with Gasteiger partial charge in [0.05, 0.1) is 0 Å². The molecule has 3 aromatic rings. The SMILES string of the molecule is CC(C)C[C@H](NC(=O)[C@@](C)(NC(=O)[C@H](C)NC(=O)OCC1c2ccccc2-c2ccccc21)C(F)(F)F)C(=O)OCc1ccccc1. The van der Waals surface area contributed by atoms with E-state index in [0.717, 1.165) is 29.2 Å². The highest BCUT2D eigenvalue weighted by Crippen LogP contribution is 2.44. The molecular weight excluding hydrogens is 615 g/mol. The minimum absolute atomic E-state index is 0.0129. The van der Waals surface area contributed by atoms with Crippen LogP contribution in [-0.2, 0) is 30.5 Å². The number of hydrogen-bond donors (Lipinski definition) is 3. The lowest BCUT2D eigenvalue weighted by Gasteiger charge is -2.34. The summed E-state index contributed by atoms with van der Waals surface area (Å²) in [6.07, 6.45) is -6.31. The van der Waals surface area contributed by atoms with Crippen molar-refractivity contribution in [2.45, 2.75) is 70.4 Å². The van der Waals surface area contributed by atoms with Crippen LogP contribution < -0.4 is 16.0 Å². The Morgan fingerprint density at radius 1 is 0.787 bits per heavy atom. The number of nitrogens with one attached hydrogen (secondary N) is 3. The molecule has 0 unspecified atom stereocenters. The minimum Gasteiger partial charge on any atom is -0.459 e. The van der Waals surface area contributed by atoms with Gasteiger partial charge in [0, 0.05) is 5.92 Å². The molecule has 47 heavy (non-hydrogen) atoms. The van der Waals surface area contributed by atoms with E-state index >= 15 is 0 Å². The number of carbonyl (C=O) groups is 4. The minimum atomic E-state index is -5.27. The highest BCUT2D eigenvalue weighted by molar-refractivity contribution is 5.96. The van der Waals surface area contributed by atoms with E-state index in [1.165, 1.54) is 0 Å². The van der Waals surface area contributed by atoms with Crippen molar-refractivity contribution in [3.05, 3.63) is 95.6 Å². The summed E-state index contributed by atoms with van der Waals surface area (Å²) < 4.78 is 53.7. The fourth-order valence-electron chi connectivity index (χ4n) is 5.31. The van der Waals surface area contributed by atoms with E-state index in [1.807, 2.05) is 48.5 Å². The molecule has 0 heterocycles. The molecule has 9 nitrogen and oxygen atoms in total. The van der Waals surface area contributed by atoms with E-state index in [2.05, 4.69) is 10.6 Å². The number of esters is 1. The molecule has 0 aliphatic heterocycles. The van der Waals surface area contributed by atoms with Crippen LogP contribution in [0.25, 0.3) is 11.1 Å². The first kappa shape index (κ1) is 35.0. The molecular formula is C35H38F3N3O6. The van der Waals surface area contributed by atoms with Gasteiger partial charge >= 0.3 is 18.2 Å². The van der Waals surface area contributed by atoms with Gasteiger partial charge in [0.25, 0.3) is 5.91 Å². The second-order valence-electron chi connectivity index (χ2n) is 12.1. The number of ether oxygens (including phenoxy) is 2. The number of rotatable bonds is 12. The number of hydrogen-bond acceptors (Lipinski definition) is 6. The van der Waals surface area contributed by atoms with Crippen molar-refractivity contribution >= 4 is 23.9 Å². The lowest BCUT2D eigenvalue weighted by atomic mass is 9.97. The maximum atomic E-state index is 14.4. The number of benzene rings is 3. The van der Waals surface area contributed by atoms with E-state index in [-0.39, 0.29) is 31.5 Å². The Bertz CT molecular complexity index is 1550. The zero-order valence-electron chi connectivity index (χ0n) is 26.5. The van der Waals surface area contributed by atoms with Gasteiger partial charge in [0.1, 0.15) is 25.3 Å². The maximum Gasteiger partial charge on any atom is 0.420 e. The van der Waals surface area contributed by atoms with Crippen LogP contribution in [-0.4, -0.2) is 54.3 Å². The van der Waals surface area contributed by atoms with E-state index in [4.69, 9.17) is 9.47 Å². The van der Waals surface area contributed by atoms with Crippen LogP contribution in [0.2, 0.25) is 0 Å². The Morgan fingerprint density at radius 3 is 1.89 bits per heavy atom. The van der Waals surface area contributed by atoms with Crippen LogP contribution in [0.1, 0.15) is 56.7 Å². The smallest absolute Gasteiger partial charge is 0.420 e. The largest absolute Gasteiger partial charge is 0.459 e. The van der Waals surface area contributed by atoms with Gasteiger partial charge in [-0.15, -0.1) is 0 Å². The lowest BCUT2D eigenvalue weighted by molar-refractivity contribution is -0.198. The van der Waals surface area contributed by atoms with Crippen LogP contribution in [0, 0.1) is 5.92 Å². The van der Waals surface area contributed by atoms with Crippen molar-refractivity contribution in [2.75, 3.05) is 6.61 Å². The van der Waals surface area contributed by atoms with Crippen molar-refractivity contribution < 1.29 is 41.8 Å². The molecule has 4 rings (SSSR count). The molecule has 250 valence electrons. The Morgan fingerprint density at radius 2 is 1.34 bits per heavy atom. The first-order valence-electron chi connectivity index (χ1n) is 15.2. The van der Waals surface area contributed by atoms with Crippen molar-refractivity contribution in [1.29, 1.82) is 0 Å². The van der Waals surface area contributed by atoms with Gasteiger partial charge in [-0.2, -0.15) is 13.2 Å². The summed E-state index contributed by atoms with van der Waals surface area (Å²) >= 11 is 0. The molecule has 3 amide bonds. The molecule has 3 aromatic carbocycles. The average molecular weight is 654 g/mol. The summed E-state index contributed by atoms with van der Waals surface area (Å²) in [5.41, 5.74) is 1.14. The summed E-state index contributed by atoms with van der Waals surface area (Å²) in [4.78, 5) is 51.6. The van der Waals surface area contributed by atoms with Crippen LogP contribution in [0.5, 0.6) is 0 Å². The Balaban J connectivity index is 1.38. The lowest BCUT2D eigenvalue weighted by Crippen LogP contribution is -2.68. The van der Waals surface area contributed by atoms with Gasteiger partial charge in [-0.3, -0.25) is 9.59 Å². The molecule has 0 saturated heterocycles. The van der Waals surface area contributed by atoms with Crippen LogP contribution in [0.3, 0.4) is 0 Å². The molecule has 0 aromatic heterocycles. The Labute approximate surface area is 271 Å². The van der Waals surface area contributed by atoms with Crippen molar-refractivity contribution in [2.24, 2.45) is 5.92 Å². The number of carbonyl (C=O) groups excluding carboxylic acids is 4. The van der Waals surface area contributed by atoms with Gasteiger partial charge in [-0.25, -0.2) is 9.59 Å². The number of halogens is 3. The second kappa shape index (κ2) is 14.7. The van der Waals surface area contributed by atoms with E-state index < -0.39 is 47.7 Å². The zero-order valence-corrected chi connectivity index (χ0v) is 26.5. The third-order valence-electron chi connectivity index (χ3n) is 7.99. The number of alkyl halides is 3. The van der Waals surface area contributed by atoms with Crippen LogP contribution >= 0.6 is 0 Å². The fourth-order valence-corrected chi connectivity index (χ4v) is 5.31. The van der Waals surface area contributed by atoms with Gasteiger partial charge < -0.3 is 25.4 Å². The van der Waals surface area contributed by atoms with Gasteiger partial charge in [0.2, 0.25) is 11.4 Å². The van der Waals surface area contributed by atoms with Crippen LogP contribution in [0.4, 0.5) is 18.0 Å². The third kappa shape index (κ3) is 8.30. The predicted octanol–water partition coefficient (Wildman–Crippen LogP) is 5.63. The van der Waals surface area contributed by atoms with Gasteiger partial charge in [-0.1, -0.05) is 92.7 Å². The molecule has 0 radical (unpaired) electrons. The van der Waals surface area contributed by atoms with Gasteiger partial charge in [0.15, 0.2) is 0 Å². The molecule has 0 spiro atoms. The molecule has 3 N–H and O–H groups in total. The maximum absolute atomic E-state index is 14.4. The Kier molecular flexibility index (Phi) is 10.9. The summed E-state index contributed by atoms with van der Waals surface area (Å²) in [5.74, 6) is -4.34. The van der Waals surface area contributed by atoms with Gasteiger partial charge in [-0.05, 0) is 54.0 Å². The predicted molar refractivity (Wildman–Crippen MR) is 168 cm³/mol. The molecule has 3 atom stereocenters. The fraction of sp³-hybridized carbons (Fsp3) is 0.371. The number of fused-ring (bicyclic) bond motifs is 3. The van der Waals surface area contributed by atoms with Crippen molar-refractivity contribution in [1.82, 2.24) is 16.0 Å². The molecule has 0 fully saturated rings. The standard InChI is InChI=1S/C35H38F3N3O6/c1-21(2)18-29(31(43)46-19-23-12-6-5-7-13-23)40-32(44)34(4,35(36,37)38)41-30(42)22(3)39-33(45)47-20-28-26-16-10-8-14-24(26)25-15-9-11-17-27(25)28/h5-17,21-22,28-29H,18-20H2,1-4H3,(H,39,45)(H,40,44)(H,41,42)/t22-,29-,34+/m0/s1. The summed E-state index contributed by atoms with van der Waals surface area (Å²) in [6.45, 7) is 4.89. The average Bonchev–Trinajstić information content (AvgIpc) is 3.35. The summed E-state index contributed by atoms with van der Waals surface area (Å²) in [6, 6.07) is 21.1. The topological polar surface area (TPSA) is 123 Å². The highest BCUT2D eigenvalue weighted by Gasteiger charge is 2.58. The molecule has 0 saturated carbocycles. The third-order valence-corrected chi connectivity index (χ3v) is 7.99. The molecule has 1 aliphatic carbocycles. The van der Waals surface area contributed by atoms with Crippen molar-refractivity contribution in [3.63, 3.8) is 0 Å². The first-order chi connectivity index (χ1) is 22.2. The molecule has 12 heteroatoms. The summed E-state index contributed by atoms with van der Waals surface area (Å²) in [5, 5.41) is 6.08. The first-order valence-corrected chi connectivity index (χ1v) is 15.2. The van der Waals surface area contributed by atoms with E-state index in [0.29, 0.717) is 12.5 Å².